The maximum atomic E-state index is 12.8. The first kappa shape index (κ1) is 32.6. The number of Topliss-reactive ketones (excluding diaryl/α,β-unsaturated/α-hetero) is 1. The van der Waals surface area contributed by atoms with E-state index < -0.39 is 16.7 Å². The van der Waals surface area contributed by atoms with Crippen LogP contribution < -0.4 is 9.47 Å². The molecule has 0 saturated carbocycles. The Bertz CT molecular complexity index is 1350. The summed E-state index contributed by atoms with van der Waals surface area (Å²) in [6.45, 7) is 10.0. The van der Waals surface area contributed by atoms with Crippen molar-refractivity contribution in [3.05, 3.63) is 103 Å². The molecular weight excluding hydrogens is 563 g/mol. The molecule has 0 atom stereocenters. The molecule has 0 aliphatic heterocycles. The van der Waals surface area contributed by atoms with Crippen LogP contribution in [0.4, 0.5) is 18.2 Å². The van der Waals surface area contributed by atoms with E-state index in [0.29, 0.717) is 28.7 Å². The molecule has 214 valence electrons. The van der Waals surface area contributed by atoms with E-state index in [1.54, 1.807) is 6.92 Å². The van der Waals surface area contributed by atoms with E-state index in [4.69, 9.17) is 9.47 Å². The number of rotatable bonds is 10. The summed E-state index contributed by atoms with van der Waals surface area (Å²) in [4.78, 5) is 22.3. The van der Waals surface area contributed by atoms with Crippen molar-refractivity contribution in [3.63, 3.8) is 0 Å². The first-order valence-electron chi connectivity index (χ1n) is 12.3. The molecule has 1 aromatic heterocycles. The number of ketones is 1. The van der Waals surface area contributed by atoms with Gasteiger partial charge in [-0.15, -0.1) is 0 Å². The molecule has 6 nitrogen and oxygen atoms in total. The maximum absolute atomic E-state index is 12.8. The average molecular weight is 594 g/mol. The highest BCUT2D eigenvalue weighted by Gasteiger charge is 2.30. The summed E-state index contributed by atoms with van der Waals surface area (Å²) in [5.41, 5.74) is 1.13. The number of halogens is 3. The molecule has 1 heterocycles. The number of nitro groups is 1. The van der Waals surface area contributed by atoms with Crippen LogP contribution in [0.2, 0.25) is 0 Å². The van der Waals surface area contributed by atoms with Gasteiger partial charge >= 0.3 is 11.2 Å². The number of benzene rings is 2. The standard InChI is InChI=1S/C22H23F3O2S.C7H7NO3S/c1-5-15(3)28-21(16(4)17-7-11-19(12-8-17)26-6-2)27-20-13-9-18(10-14-20)22(23,24)25;1-2-5(9)6-3-4-7(12-6)8(10)11/h5,7-14H,6H2,1-4H3;3-4H,2H2,1H3/b15-5-,21-16+;. The highest BCUT2D eigenvalue weighted by atomic mass is 32.2. The third-order valence-corrected chi connectivity index (χ3v) is 7.54. The van der Waals surface area contributed by atoms with Crippen molar-refractivity contribution >= 4 is 39.5 Å². The molecule has 11 heteroatoms. The molecule has 0 aliphatic carbocycles. The molecule has 0 fully saturated rings. The summed E-state index contributed by atoms with van der Waals surface area (Å²) < 4.78 is 49.7. The Morgan fingerprint density at radius 3 is 2.08 bits per heavy atom. The number of carbonyl (C=O) groups excluding carboxylic acids is 1. The quantitative estimate of drug-likeness (QED) is 0.101. The van der Waals surface area contributed by atoms with E-state index >= 15 is 0 Å². The molecule has 0 radical (unpaired) electrons. The van der Waals surface area contributed by atoms with Gasteiger partial charge in [-0.1, -0.05) is 48.2 Å². The van der Waals surface area contributed by atoms with Gasteiger partial charge in [-0.05, 0) is 80.6 Å². The molecule has 0 aliphatic rings. The molecule has 0 saturated heterocycles. The van der Waals surface area contributed by atoms with E-state index in [0.717, 1.165) is 45.3 Å². The van der Waals surface area contributed by atoms with E-state index in [1.807, 2.05) is 58.0 Å². The number of thioether (sulfide) groups is 1. The minimum absolute atomic E-state index is 0.0202. The Morgan fingerprint density at radius 1 is 1.00 bits per heavy atom. The number of thiophene rings is 1. The molecule has 0 amide bonds. The van der Waals surface area contributed by atoms with Crippen LogP contribution in [-0.4, -0.2) is 17.3 Å². The second-order valence-electron chi connectivity index (χ2n) is 8.17. The fourth-order valence-corrected chi connectivity index (χ4v) is 4.68. The number of carbonyl (C=O) groups is 1. The Kier molecular flexibility index (Phi) is 12.5. The Morgan fingerprint density at radius 2 is 1.60 bits per heavy atom. The predicted molar refractivity (Wildman–Crippen MR) is 155 cm³/mol. The zero-order chi connectivity index (χ0) is 29.9. The van der Waals surface area contributed by atoms with Crippen molar-refractivity contribution in [2.24, 2.45) is 0 Å². The molecule has 2 aromatic carbocycles. The first-order valence-corrected chi connectivity index (χ1v) is 13.9. The second kappa shape index (κ2) is 15.3. The first-order chi connectivity index (χ1) is 18.9. The van der Waals surface area contributed by atoms with E-state index in [2.05, 4.69) is 0 Å². The summed E-state index contributed by atoms with van der Waals surface area (Å²) in [5, 5.41) is 10.9. The lowest BCUT2D eigenvalue weighted by Crippen LogP contribution is -2.04. The van der Waals surface area contributed by atoms with Crippen LogP contribution >= 0.6 is 23.1 Å². The lowest BCUT2D eigenvalue weighted by Gasteiger charge is -2.15. The molecule has 3 aromatic rings. The Hall–Kier alpha value is -3.57. The Labute approximate surface area is 239 Å². The predicted octanol–water partition coefficient (Wildman–Crippen LogP) is 9.78. The summed E-state index contributed by atoms with van der Waals surface area (Å²) in [6.07, 6.45) is -2.03. The van der Waals surface area contributed by atoms with Gasteiger partial charge in [0.2, 0.25) is 0 Å². The van der Waals surface area contributed by atoms with Crippen LogP contribution in [0.15, 0.2) is 76.7 Å². The molecule has 0 bridgehead atoms. The fraction of sp³-hybridized carbons (Fsp3) is 0.276. The number of nitrogens with zero attached hydrogens (tertiary/aromatic N) is 1. The van der Waals surface area contributed by atoms with Gasteiger partial charge in [0.05, 0.1) is 22.0 Å². The molecule has 0 N–H and O–H groups in total. The highest BCUT2D eigenvalue weighted by Crippen LogP contribution is 2.36. The van der Waals surface area contributed by atoms with Crippen molar-refractivity contribution < 1.29 is 32.4 Å². The third-order valence-electron chi connectivity index (χ3n) is 5.32. The smallest absolute Gasteiger partial charge is 0.416 e. The largest absolute Gasteiger partial charge is 0.494 e. The van der Waals surface area contributed by atoms with Crippen molar-refractivity contribution in [2.45, 2.75) is 47.2 Å². The topological polar surface area (TPSA) is 78.7 Å². The van der Waals surface area contributed by atoms with Crippen molar-refractivity contribution in [1.82, 2.24) is 0 Å². The molecule has 40 heavy (non-hydrogen) atoms. The summed E-state index contributed by atoms with van der Waals surface area (Å²) >= 11 is 2.36. The van der Waals surface area contributed by atoms with Gasteiger partial charge in [-0.3, -0.25) is 14.9 Å². The number of ether oxygens (including phenoxy) is 2. The monoisotopic (exact) mass is 593 g/mol. The van der Waals surface area contributed by atoms with Crippen LogP contribution in [0.25, 0.3) is 5.57 Å². The number of alkyl halides is 3. The van der Waals surface area contributed by atoms with Crippen LogP contribution in [0, 0.1) is 10.1 Å². The zero-order valence-electron chi connectivity index (χ0n) is 22.7. The van der Waals surface area contributed by atoms with E-state index in [-0.39, 0.29) is 10.8 Å². The highest BCUT2D eigenvalue weighted by molar-refractivity contribution is 8.06. The van der Waals surface area contributed by atoms with E-state index in [9.17, 15) is 28.1 Å². The van der Waals surface area contributed by atoms with Crippen LogP contribution in [0.3, 0.4) is 0 Å². The number of allylic oxidation sites excluding steroid dienone is 3. The van der Waals surface area contributed by atoms with Gasteiger partial charge in [0, 0.05) is 18.1 Å². The van der Waals surface area contributed by atoms with Crippen molar-refractivity contribution in [1.29, 1.82) is 0 Å². The molecule has 0 unspecified atom stereocenters. The average Bonchev–Trinajstić information content (AvgIpc) is 3.43. The van der Waals surface area contributed by atoms with Gasteiger partial charge in [0.15, 0.2) is 10.9 Å². The second-order valence-corrected chi connectivity index (χ2v) is 10.4. The Balaban J connectivity index is 0.000000389. The van der Waals surface area contributed by atoms with Crippen molar-refractivity contribution in [2.75, 3.05) is 6.61 Å². The van der Waals surface area contributed by atoms with Gasteiger partial charge in [-0.25, -0.2) is 0 Å². The van der Waals surface area contributed by atoms with Crippen LogP contribution in [-0.2, 0) is 6.18 Å². The molecule has 0 spiro atoms. The summed E-state index contributed by atoms with van der Waals surface area (Å²) in [6, 6.07) is 15.2. The third kappa shape index (κ3) is 9.87. The normalized spacial score (nSPS) is 12.2. The van der Waals surface area contributed by atoms with Gasteiger partial charge < -0.3 is 9.47 Å². The molecule has 3 rings (SSSR count). The fourth-order valence-electron chi connectivity index (χ4n) is 3.03. The lowest BCUT2D eigenvalue weighted by molar-refractivity contribution is -0.380. The zero-order valence-corrected chi connectivity index (χ0v) is 24.3. The van der Waals surface area contributed by atoms with Gasteiger partial charge in [-0.2, -0.15) is 13.2 Å². The van der Waals surface area contributed by atoms with E-state index in [1.165, 1.54) is 36.0 Å². The minimum Gasteiger partial charge on any atom is -0.494 e. The van der Waals surface area contributed by atoms with Gasteiger partial charge in [0.1, 0.15) is 11.5 Å². The van der Waals surface area contributed by atoms with Crippen LogP contribution in [0.5, 0.6) is 11.5 Å². The van der Waals surface area contributed by atoms with Crippen molar-refractivity contribution in [3.8, 4) is 11.5 Å². The lowest BCUT2D eigenvalue weighted by atomic mass is 10.1. The SMILES string of the molecule is C/C=C(/C)S/C(Oc1ccc(C(F)(F)F)cc1)=C(\C)c1ccc(OCC)cc1.CCC(=O)c1ccc([N+](=O)[O-])s1. The maximum Gasteiger partial charge on any atom is 0.416 e. The summed E-state index contributed by atoms with van der Waals surface area (Å²) in [7, 11) is 0. The minimum atomic E-state index is -4.37. The summed E-state index contributed by atoms with van der Waals surface area (Å²) in [5.74, 6) is 1.08. The van der Waals surface area contributed by atoms with Crippen LogP contribution in [0.1, 0.15) is 61.8 Å². The van der Waals surface area contributed by atoms with Gasteiger partial charge in [0.25, 0.3) is 0 Å². The number of hydrogen-bond acceptors (Lipinski definition) is 7. The molecular formula is C29H30F3NO5S2. The number of hydrogen-bond donors (Lipinski definition) is 0.